The first-order valence-electron chi connectivity index (χ1n) is 6.42. The van der Waals surface area contributed by atoms with Crippen LogP contribution in [-0.4, -0.2) is 17.4 Å². The van der Waals surface area contributed by atoms with Gasteiger partial charge in [0.05, 0.1) is 0 Å². The van der Waals surface area contributed by atoms with Gasteiger partial charge in [-0.05, 0) is 18.4 Å². The number of hydrogen-bond donors (Lipinski definition) is 2. The number of hydrogen-bond acceptors (Lipinski definition) is 3. The van der Waals surface area contributed by atoms with Crippen LogP contribution in [-0.2, 0) is 5.41 Å². The topological polar surface area (TPSA) is 62.0 Å². The summed E-state index contributed by atoms with van der Waals surface area (Å²) in [7, 11) is 0. The molecular formula is C15H18N2O2S. The molecule has 0 fully saturated rings. The van der Waals surface area contributed by atoms with E-state index in [-0.39, 0.29) is 22.3 Å². The van der Waals surface area contributed by atoms with Crippen LogP contribution in [0.4, 0.5) is 0 Å². The number of aromatic amines is 1. The number of amides is 1. The van der Waals surface area contributed by atoms with Gasteiger partial charge in [0.2, 0.25) is 0 Å². The fourth-order valence-electron chi connectivity index (χ4n) is 1.90. The number of nitrogens with one attached hydrogen (secondary N) is 2. The highest BCUT2D eigenvalue weighted by molar-refractivity contribution is 7.10. The largest absolute Gasteiger partial charge is 0.364 e. The van der Waals surface area contributed by atoms with E-state index < -0.39 is 0 Å². The van der Waals surface area contributed by atoms with Crippen molar-refractivity contribution in [2.75, 3.05) is 6.54 Å². The number of aromatic nitrogens is 1. The first-order valence-corrected chi connectivity index (χ1v) is 7.29. The number of rotatable bonds is 4. The molecule has 0 aliphatic heterocycles. The lowest BCUT2D eigenvalue weighted by Crippen LogP contribution is -2.38. The lowest BCUT2D eigenvalue weighted by Gasteiger charge is -2.23. The molecule has 2 aromatic rings. The quantitative estimate of drug-likeness (QED) is 0.908. The number of thiophene rings is 1. The van der Waals surface area contributed by atoms with Gasteiger partial charge in [0.1, 0.15) is 5.56 Å². The van der Waals surface area contributed by atoms with Gasteiger partial charge in [-0.25, -0.2) is 0 Å². The molecule has 20 heavy (non-hydrogen) atoms. The van der Waals surface area contributed by atoms with E-state index in [1.54, 1.807) is 18.3 Å². The van der Waals surface area contributed by atoms with Crippen molar-refractivity contribution < 1.29 is 4.79 Å². The molecule has 0 saturated heterocycles. The fourth-order valence-corrected chi connectivity index (χ4v) is 2.75. The molecule has 2 heterocycles. The van der Waals surface area contributed by atoms with Crippen LogP contribution in [0.25, 0.3) is 0 Å². The van der Waals surface area contributed by atoms with Crippen molar-refractivity contribution in [3.63, 3.8) is 0 Å². The van der Waals surface area contributed by atoms with Gasteiger partial charge in [0.15, 0.2) is 5.43 Å². The van der Waals surface area contributed by atoms with E-state index in [1.807, 2.05) is 11.4 Å². The molecule has 0 spiro atoms. The molecule has 4 nitrogen and oxygen atoms in total. The zero-order valence-electron chi connectivity index (χ0n) is 11.8. The molecule has 106 valence electrons. The van der Waals surface area contributed by atoms with Crippen molar-refractivity contribution in [3.05, 3.63) is 56.1 Å². The van der Waals surface area contributed by atoms with E-state index in [0.29, 0.717) is 6.54 Å². The first-order chi connectivity index (χ1) is 9.40. The lowest BCUT2D eigenvalue weighted by molar-refractivity contribution is 0.0944. The third kappa shape index (κ3) is 3.17. The summed E-state index contributed by atoms with van der Waals surface area (Å²) in [5.74, 6) is -0.337. The summed E-state index contributed by atoms with van der Waals surface area (Å²) in [4.78, 5) is 27.9. The molecule has 0 bridgehead atoms. The van der Waals surface area contributed by atoms with Gasteiger partial charge >= 0.3 is 0 Å². The molecule has 0 aliphatic rings. The van der Waals surface area contributed by atoms with Crippen molar-refractivity contribution in [3.8, 4) is 0 Å². The van der Waals surface area contributed by atoms with E-state index in [1.165, 1.54) is 17.1 Å². The Balaban J connectivity index is 2.07. The summed E-state index contributed by atoms with van der Waals surface area (Å²) >= 11 is 1.66. The number of carbonyl (C=O) groups excluding carboxylic acids is 1. The molecule has 0 atom stereocenters. The highest BCUT2D eigenvalue weighted by Crippen LogP contribution is 2.26. The Bertz CT molecular complexity index is 657. The molecule has 0 unspecified atom stereocenters. The maximum absolute atomic E-state index is 12.1. The lowest BCUT2D eigenvalue weighted by atomic mass is 9.91. The van der Waals surface area contributed by atoms with Crippen LogP contribution < -0.4 is 10.7 Å². The maximum atomic E-state index is 12.1. The zero-order valence-corrected chi connectivity index (χ0v) is 12.6. The summed E-state index contributed by atoms with van der Waals surface area (Å²) in [5.41, 5.74) is 0.483. The standard InChI is InChI=1S/C15H18N2O2S/c1-10-7-12(18)11(8-16-10)14(19)17-9-15(2,3)13-5-4-6-20-13/h4-8H,9H2,1-3H3,(H,16,18)(H,17,19). The molecule has 0 aromatic carbocycles. The van der Waals surface area contributed by atoms with Gasteiger partial charge in [0.25, 0.3) is 5.91 Å². The van der Waals surface area contributed by atoms with E-state index in [0.717, 1.165) is 5.69 Å². The second-order valence-corrected chi connectivity index (χ2v) is 6.39. The Morgan fingerprint density at radius 2 is 2.20 bits per heavy atom. The summed E-state index contributed by atoms with van der Waals surface area (Å²) in [5, 5.41) is 4.85. The van der Waals surface area contributed by atoms with Crippen molar-refractivity contribution in [2.45, 2.75) is 26.2 Å². The predicted octanol–water partition coefficient (Wildman–Crippen LogP) is 2.45. The van der Waals surface area contributed by atoms with Crippen LogP contribution in [0.3, 0.4) is 0 Å². The van der Waals surface area contributed by atoms with Crippen LogP contribution in [0.15, 0.2) is 34.6 Å². The number of carbonyl (C=O) groups is 1. The molecule has 0 saturated carbocycles. The van der Waals surface area contributed by atoms with Crippen LogP contribution in [0, 0.1) is 6.92 Å². The molecule has 2 rings (SSSR count). The molecule has 0 aliphatic carbocycles. The van der Waals surface area contributed by atoms with Crippen LogP contribution in [0.1, 0.15) is 34.8 Å². The van der Waals surface area contributed by atoms with E-state index in [9.17, 15) is 9.59 Å². The molecule has 5 heteroatoms. The summed E-state index contributed by atoms with van der Waals surface area (Å²) < 4.78 is 0. The normalized spacial score (nSPS) is 11.3. The Kier molecular flexibility index (Phi) is 4.09. The minimum atomic E-state index is -0.337. The third-order valence-corrected chi connectivity index (χ3v) is 4.42. The molecular weight excluding hydrogens is 272 g/mol. The molecule has 2 aromatic heterocycles. The second-order valence-electron chi connectivity index (χ2n) is 5.44. The zero-order chi connectivity index (χ0) is 14.8. The number of aryl methyl sites for hydroxylation is 1. The fraction of sp³-hybridized carbons (Fsp3) is 0.333. The summed E-state index contributed by atoms with van der Waals surface area (Å²) in [6, 6.07) is 5.48. The van der Waals surface area contributed by atoms with Crippen LogP contribution in [0.5, 0.6) is 0 Å². The molecule has 2 N–H and O–H groups in total. The smallest absolute Gasteiger partial charge is 0.256 e. The summed E-state index contributed by atoms with van der Waals surface area (Å²) in [6.07, 6.45) is 1.46. The average molecular weight is 290 g/mol. The minimum absolute atomic E-state index is 0.151. The SMILES string of the molecule is Cc1cc(=O)c(C(=O)NCC(C)(C)c2cccs2)c[nH]1. The van der Waals surface area contributed by atoms with Crippen molar-refractivity contribution in [1.29, 1.82) is 0 Å². The van der Waals surface area contributed by atoms with Gasteiger partial charge < -0.3 is 10.3 Å². The van der Waals surface area contributed by atoms with Crippen LogP contribution >= 0.6 is 11.3 Å². The highest BCUT2D eigenvalue weighted by atomic mass is 32.1. The van der Waals surface area contributed by atoms with Gasteiger partial charge in [-0.2, -0.15) is 0 Å². The minimum Gasteiger partial charge on any atom is -0.364 e. The third-order valence-electron chi connectivity index (χ3n) is 3.18. The second kappa shape index (κ2) is 5.63. The number of H-pyrrole nitrogens is 1. The van der Waals surface area contributed by atoms with Crippen LogP contribution in [0.2, 0.25) is 0 Å². The highest BCUT2D eigenvalue weighted by Gasteiger charge is 2.23. The average Bonchev–Trinajstić information content (AvgIpc) is 2.90. The Labute approximate surface area is 121 Å². The number of pyridine rings is 1. The van der Waals surface area contributed by atoms with Crippen molar-refractivity contribution >= 4 is 17.2 Å². The van der Waals surface area contributed by atoms with Gasteiger partial charge in [-0.1, -0.05) is 19.9 Å². The Morgan fingerprint density at radius 1 is 1.45 bits per heavy atom. The van der Waals surface area contributed by atoms with E-state index in [2.05, 4.69) is 30.2 Å². The van der Waals surface area contributed by atoms with Gasteiger partial charge in [0, 0.05) is 34.8 Å². The maximum Gasteiger partial charge on any atom is 0.256 e. The molecule has 0 radical (unpaired) electrons. The van der Waals surface area contributed by atoms with Gasteiger partial charge in [-0.15, -0.1) is 11.3 Å². The Morgan fingerprint density at radius 3 is 2.80 bits per heavy atom. The monoisotopic (exact) mass is 290 g/mol. The Hall–Kier alpha value is -1.88. The summed E-state index contributed by atoms with van der Waals surface area (Å²) in [6.45, 7) is 6.40. The van der Waals surface area contributed by atoms with E-state index >= 15 is 0 Å². The predicted molar refractivity (Wildman–Crippen MR) is 81.5 cm³/mol. The van der Waals surface area contributed by atoms with E-state index in [4.69, 9.17) is 0 Å². The molecule has 1 amide bonds. The van der Waals surface area contributed by atoms with Gasteiger partial charge in [-0.3, -0.25) is 9.59 Å². The van der Waals surface area contributed by atoms with Crippen molar-refractivity contribution in [2.24, 2.45) is 0 Å². The first kappa shape index (κ1) is 14.5. The van der Waals surface area contributed by atoms with Crippen molar-refractivity contribution in [1.82, 2.24) is 10.3 Å².